The Morgan fingerprint density at radius 2 is 2.00 bits per heavy atom. The minimum Gasteiger partial charge on any atom is -0.457 e. The van der Waals surface area contributed by atoms with E-state index in [9.17, 15) is 19.1 Å². The molecule has 4 aliphatic rings. The number of aliphatic hydroxyl groups excluding tert-OH is 1. The number of fused-ring (bicyclic) bond motifs is 6. The first-order valence-corrected chi connectivity index (χ1v) is 14.7. The second kappa shape index (κ2) is 9.09. The predicted octanol–water partition coefficient (Wildman–Crippen LogP) is 5.30. The van der Waals surface area contributed by atoms with Gasteiger partial charge in [0, 0.05) is 16.7 Å². The van der Waals surface area contributed by atoms with Gasteiger partial charge in [-0.05, 0) is 80.3 Å². The highest BCUT2D eigenvalue weighted by molar-refractivity contribution is 7.96. The van der Waals surface area contributed by atoms with Gasteiger partial charge in [-0.2, -0.15) is 9.49 Å². The number of alkyl halides is 1. The van der Waals surface area contributed by atoms with E-state index in [1.165, 1.54) is 24.6 Å². The number of rotatable bonds is 4. The van der Waals surface area contributed by atoms with E-state index in [0.717, 1.165) is 16.8 Å². The normalized spacial score (nSPS) is 36.7. The first kappa shape index (κ1) is 27.5. The lowest BCUT2D eigenvalue weighted by atomic mass is 9.44. The van der Waals surface area contributed by atoms with Gasteiger partial charge in [-0.25, -0.2) is 18.9 Å². The van der Waals surface area contributed by atoms with E-state index in [4.69, 9.17) is 9.15 Å². The first-order chi connectivity index (χ1) is 19.9. The van der Waals surface area contributed by atoms with Crippen molar-refractivity contribution in [3.8, 4) is 5.69 Å². The molecule has 0 unspecified atom stereocenters. The molecule has 3 aromatic rings. The van der Waals surface area contributed by atoms with Gasteiger partial charge in [0.05, 0.1) is 36.1 Å². The smallest absolute Gasteiger partial charge is 0.375 e. The van der Waals surface area contributed by atoms with Gasteiger partial charge in [0.15, 0.2) is 5.60 Å². The largest absolute Gasteiger partial charge is 0.457 e. The van der Waals surface area contributed by atoms with E-state index in [-0.39, 0.29) is 24.5 Å². The van der Waals surface area contributed by atoms with Crippen LogP contribution in [0.3, 0.4) is 0 Å². The monoisotopic (exact) mass is 595 g/mol. The summed E-state index contributed by atoms with van der Waals surface area (Å²) >= 11 is 4.18. The maximum Gasteiger partial charge on any atom is 0.375 e. The lowest BCUT2D eigenvalue weighted by Crippen LogP contribution is -2.69. The van der Waals surface area contributed by atoms with E-state index < -0.39 is 51.2 Å². The molecule has 7 rings (SSSR count). The van der Waals surface area contributed by atoms with E-state index >= 15 is 4.39 Å². The second-order valence-corrected chi connectivity index (χ2v) is 13.1. The van der Waals surface area contributed by atoms with Crippen LogP contribution in [0.2, 0.25) is 0 Å². The minimum atomic E-state index is -2.00. The number of hydrogen-bond acceptors (Lipinski definition) is 7. The van der Waals surface area contributed by atoms with Crippen LogP contribution in [0.4, 0.5) is 8.78 Å². The Hall–Kier alpha value is -3.31. The quantitative estimate of drug-likeness (QED) is 0.240. The standard InChI is InChI=1S/C31H31F2N3O5S/c1-28-13-17-15-35-36(19-6-8-25(32)34-16-19)22(17)12-18(28)5-7-21-20-9-10-30(27(39)42,41-26(38)23-4-3-11-40-23)29(20,2)14-24(37)31(21,28)33/h3-4,6,8,11-12,15-16,20-21,24,37H,5,7,9-10,13-14H2,1-2H3,(H,39,42)/t20-,21-,24-,28-,29-,30-,31-/m0/s1. The molecule has 1 N–H and O–H groups in total. The molecular weight excluding hydrogens is 564 g/mol. The number of aromatic nitrogens is 3. The van der Waals surface area contributed by atoms with E-state index in [0.29, 0.717) is 31.4 Å². The Labute approximate surface area is 246 Å². The zero-order valence-corrected chi connectivity index (χ0v) is 24.1. The van der Waals surface area contributed by atoms with Crippen molar-refractivity contribution in [2.24, 2.45) is 22.7 Å². The Bertz CT molecular complexity index is 1620. The maximum absolute atomic E-state index is 17.9. The molecule has 3 saturated carbocycles. The van der Waals surface area contributed by atoms with Crippen molar-refractivity contribution < 1.29 is 32.6 Å². The molecule has 3 fully saturated rings. The number of allylic oxidation sites excluding steroid dienone is 1. The number of aliphatic hydroxyl groups is 1. The highest BCUT2D eigenvalue weighted by Crippen LogP contribution is 2.71. The highest BCUT2D eigenvalue weighted by atomic mass is 32.1. The SMILES string of the molecule is C[C@]12Cc3cnn(-c4ccc(F)nc4)c3C=C1CC[C@H]1[C@@H]3CC[C@](OC(=O)c4ccco4)(C(=O)S)[C@@]3(C)C[C@H](O)[C@@]12F. The molecule has 0 saturated heterocycles. The van der Waals surface area contributed by atoms with Gasteiger partial charge in [0.1, 0.15) is 5.67 Å². The summed E-state index contributed by atoms with van der Waals surface area (Å²) in [6.07, 6.45) is 6.90. The molecule has 0 spiro atoms. The molecule has 0 amide bonds. The number of furan rings is 1. The third kappa shape index (κ3) is 3.43. The van der Waals surface area contributed by atoms with Crippen LogP contribution in [-0.2, 0) is 16.0 Å². The number of carbonyl (C=O) groups excluding carboxylic acids is 2. The minimum absolute atomic E-state index is 0.0397. The van der Waals surface area contributed by atoms with Crippen molar-refractivity contribution in [3.63, 3.8) is 0 Å². The van der Waals surface area contributed by atoms with Gasteiger partial charge in [-0.15, -0.1) is 12.6 Å². The Balaban J connectivity index is 1.26. The summed E-state index contributed by atoms with van der Waals surface area (Å²) in [5.74, 6) is -2.33. The summed E-state index contributed by atoms with van der Waals surface area (Å²) in [5, 5.41) is 15.7. The van der Waals surface area contributed by atoms with Crippen molar-refractivity contribution in [1.82, 2.24) is 14.8 Å². The van der Waals surface area contributed by atoms with Gasteiger partial charge in [-0.1, -0.05) is 19.4 Å². The van der Waals surface area contributed by atoms with Crippen LogP contribution in [0.1, 0.15) is 67.8 Å². The number of hydrogen-bond donors (Lipinski definition) is 2. The van der Waals surface area contributed by atoms with Crippen LogP contribution in [0.15, 0.2) is 52.9 Å². The predicted molar refractivity (Wildman–Crippen MR) is 150 cm³/mol. The fourth-order valence-electron chi connectivity index (χ4n) is 8.91. The van der Waals surface area contributed by atoms with E-state index in [2.05, 4.69) is 22.7 Å². The van der Waals surface area contributed by atoms with E-state index in [1.54, 1.807) is 23.0 Å². The number of esters is 1. The molecule has 42 heavy (non-hydrogen) atoms. The van der Waals surface area contributed by atoms with Gasteiger partial charge in [0.25, 0.3) is 0 Å². The molecule has 0 bridgehead atoms. The van der Waals surface area contributed by atoms with Gasteiger partial charge >= 0.3 is 5.97 Å². The molecule has 7 atom stereocenters. The Kier molecular flexibility index (Phi) is 5.96. The van der Waals surface area contributed by atoms with Crippen LogP contribution in [0, 0.1) is 28.6 Å². The molecule has 0 radical (unpaired) electrons. The van der Waals surface area contributed by atoms with Gasteiger partial charge in [0.2, 0.25) is 16.8 Å². The fraction of sp³-hybridized carbons (Fsp3) is 0.484. The maximum atomic E-state index is 17.9. The van der Waals surface area contributed by atoms with Crippen LogP contribution < -0.4 is 0 Å². The second-order valence-electron chi connectivity index (χ2n) is 12.7. The number of carbonyl (C=O) groups is 2. The fourth-order valence-corrected chi connectivity index (χ4v) is 9.32. The summed E-state index contributed by atoms with van der Waals surface area (Å²) in [6.45, 7) is 3.70. The zero-order chi connectivity index (χ0) is 29.7. The summed E-state index contributed by atoms with van der Waals surface area (Å²) in [7, 11) is 0. The van der Waals surface area contributed by atoms with Crippen molar-refractivity contribution >= 4 is 29.8 Å². The Morgan fingerprint density at radius 3 is 2.69 bits per heavy atom. The number of ether oxygens (including phenoxy) is 1. The van der Waals surface area contributed by atoms with Crippen molar-refractivity contribution in [2.75, 3.05) is 0 Å². The number of pyridine rings is 1. The summed E-state index contributed by atoms with van der Waals surface area (Å²) in [5.41, 5.74) is -2.61. The molecule has 4 aliphatic carbocycles. The van der Waals surface area contributed by atoms with E-state index in [1.807, 2.05) is 19.9 Å². The highest BCUT2D eigenvalue weighted by Gasteiger charge is 2.75. The first-order valence-electron chi connectivity index (χ1n) is 14.2. The molecule has 0 aliphatic heterocycles. The zero-order valence-electron chi connectivity index (χ0n) is 23.2. The van der Waals surface area contributed by atoms with Gasteiger partial charge in [-0.3, -0.25) is 4.79 Å². The lowest BCUT2D eigenvalue weighted by molar-refractivity contribution is -0.222. The van der Waals surface area contributed by atoms with Crippen molar-refractivity contribution in [1.29, 1.82) is 0 Å². The summed E-state index contributed by atoms with van der Waals surface area (Å²) < 4.78 is 44.2. The molecule has 8 nitrogen and oxygen atoms in total. The van der Waals surface area contributed by atoms with Crippen molar-refractivity contribution in [2.45, 2.75) is 69.7 Å². The van der Waals surface area contributed by atoms with Crippen LogP contribution in [-0.4, -0.2) is 48.3 Å². The Morgan fingerprint density at radius 1 is 1.19 bits per heavy atom. The molecular formula is C31H31F2N3O5S. The summed E-state index contributed by atoms with van der Waals surface area (Å²) in [4.78, 5) is 29.9. The average Bonchev–Trinajstić information content (AvgIpc) is 3.68. The average molecular weight is 596 g/mol. The molecule has 11 heteroatoms. The third-order valence-electron chi connectivity index (χ3n) is 11.0. The summed E-state index contributed by atoms with van der Waals surface area (Å²) in [6, 6.07) is 5.87. The third-order valence-corrected chi connectivity index (χ3v) is 11.3. The van der Waals surface area contributed by atoms with Crippen LogP contribution in [0.25, 0.3) is 11.8 Å². The molecule has 3 heterocycles. The lowest BCUT2D eigenvalue weighted by Gasteiger charge is -2.63. The number of nitrogens with zero attached hydrogens (tertiary/aromatic N) is 3. The number of halogens is 2. The van der Waals surface area contributed by atoms with Gasteiger partial charge < -0.3 is 14.3 Å². The topological polar surface area (TPSA) is 107 Å². The van der Waals surface area contributed by atoms with Crippen LogP contribution in [0.5, 0.6) is 0 Å². The van der Waals surface area contributed by atoms with Crippen molar-refractivity contribution in [3.05, 3.63) is 71.5 Å². The molecule has 3 aromatic heterocycles. The number of thiol groups is 1. The molecule has 0 aromatic carbocycles. The molecule has 220 valence electrons. The van der Waals surface area contributed by atoms with Crippen LogP contribution >= 0.6 is 12.6 Å².